The van der Waals surface area contributed by atoms with Gasteiger partial charge in [-0.15, -0.1) is 0 Å². The molecule has 0 saturated carbocycles. The summed E-state index contributed by atoms with van der Waals surface area (Å²) in [5.74, 6) is -1.30. The van der Waals surface area contributed by atoms with Crippen molar-refractivity contribution in [3.05, 3.63) is 0 Å². The number of rotatable bonds is 3. The quantitative estimate of drug-likeness (QED) is 0.711. The van der Waals surface area contributed by atoms with E-state index < -0.39 is 18.2 Å². The minimum Gasteiger partial charge on any atom is -0.479 e. The number of hydrogen-bond donors (Lipinski definition) is 2. The third-order valence-electron chi connectivity index (χ3n) is 3.48. The van der Waals surface area contributed by atoms with E-state index in [2.05, 4.69) is 5.32 Å². The van der Waals surface area contributed by atoms with E-state index in [1.807, 2.05) is 0 Å². The Morgan fingerprint density at radius 2 is 1.89 bits per heavy atom. The molecule has 2 fully saturated rings. The Kier molecular flexibility index (Phi) is 4.04. The zero-order chi connectivity index (χ0) is 14.0. The highest BCUT2D eigenvalue weighted by Gasteiger charge is 2.38. The van der Waals surface area contributed by atoms with Crippen molar-refractivity contribution in [2.24, 2.45) is 0 Å². The molecule has 19 heavy (non-hydrogen) atoms. The molecule has 2 rings (SSSR count). The van der Waals surface area contributed by atoms with Crippen molar-refractivity contribution >= 4 is 17.8 Å². The lowest BCUT2D eigenvalue weighted by Gasteiger charge is -2.20. The van der Waals surface area contributed by atoms with Crippen LogP contribution in [0.2, 0.25) is 0 Å². The number of aliphatic carboxylic acids is 1. The van der Waals surface area contributed by atoms with Crippen LogP contribution in [-0.2, 0) is 19.1 Å². The van der Waals surface area contributed by atoms with Crippen molar-refractivity contribution in [1.82, 2.24) is 10.2 Å². The average Bonchev–Trinajstić information content (AvgIpc) is 2.95. The molecule has 2 amide bonds. The molecule has 7 heteroatoms. The van der Waals surface area contributed by atoms with E-state index in [1.54, 1.807) is 4.90 Å². The molecular formula is C12H18N2O5. The maximum absolute atomic E-state index is 12.1. The summed E-state index contributed by atoms with van der Waals surface area (Å²) in [4.78, 5) is 35.5. The molecule has 106 valence electrons. The Bertz CT molecular complexity index is 398. The van der Waals surface area contributed by atoms with Crippen LogP contribution >= 0.6 is 0 Å². The number of carbonyl (C=O) groups is 3. The maximum Gasteiger partial charge on any atom is 0.332 e. The van der Waals surface area contributed by atoms with Gasteiger partial charge in [0, 0.05) is 26.1 Å². The molecule has 2 saturated heterocycles. The zero-order valence-electron chi connectivity index (χ0n) is 10.8. The van der Waals surface area contributed by atoms with E-state index in [1.165, 1.54) is 6.92 Å². The number of hydrogen-bond acceptors (Lipinski definition) is 4. The number of carboxylic acid groups (broad SMARTS) is 1. The fourth-order valence-electron chi connectivity index (χ4n) is 2.57. The molecule has 2 N–H and O–H groups in total. The van der Waals surface area contributed by atoms with Crippen LogP contribution in [0.25, 0.3) is 0 Å². The first kappa shape index (κ1) is 13.8. The molecule has 2 aliphatic rings. The fourth-order valence-corrected chi connectivity index (χ4v) is 2.57. The monoisotopic (exact) mass is 270 g/mol. The normalized spacial score (nSPS) is 30.4. The van der Waals surface area contributed by atoms with Gasteiger partial charge in [-0.05, 0) is 19.3 Å². The molecule has 0 spiro atoms. The first-order valence-corrected chi connectivity index (χ1v) is 6.41. The molecule has 3 unspecified atom stereocenters. The second-order valence-electron chi connectivity index (χ2n) is 5.00. The summed E-state index contributed by atoms with van der Waals surface area (Å²) >= 11 is 0. The SMILES string of the molecule is CC(=O)NC1CCN(C(=O)C2CCC(C(=O)O)O2)C1. The summed E-state index contributed by atoms with van der Waals surface area (Å²) in [5.41, 5.74) is 0. The molecule has 3 atom stereocenters. The molecule has 2 aliphatic heterocycles. The summed E-state index contributed by atoms with van der Waals surface area (Å²) in [6.45, 7) is 2.49. The van der Waals surface area contributed by atoms with Gasteiger partial charge in [0.1, 0.15) is 6.10 Å². The van der Waals surface area contributed by atoms with Gasteiger partial charge in [0.2, 0.25) is 5.91 Å². The van der Waals surface area contributed by atoms with Gasteiger partial charge in [0.15, 0.2) is 6.10 Å². The molecule has 0 radical (unpaired) electrons. The van der Waals surface area contributed by atoms with Crippen molar-refractivity contribution in [3.8, 4) is 0 Å². The average molecular weight is 270 g/mol. The van der Waals surface area contributed by atoms with Gasteiger partial charge in [-0.1, -0.05) is 0 Å². The second kappa shape index (κ2) is 5.56. The second-order valence-corrected chi connectivity index (χ2v) is 5.00. The highest BCUT2D eigenvalue weighted by Crippen LogP contribution is 2.23. The standard InChI is InChI=1S/C12H18N2O5/c1-7(15)13-8-4-5-14(6-8)11(16)9-2-3-10(19-9)12(17)18/h8-10H,2-6H2,1H3,(H,13,15)(H,17,18). The van der Waals surface area contributed by atoms with Crippen LogP contribution < -0.4 is 5.32 Å². The minimum absolute atomic E-state index is 0.0156. The predicted molar refractivity (Wildman–Crippen MR) is 64.3 cm³/mol. The van der Waals surface area contributed by atoms with E-state index in [0.717, 1.165) is 6.42 Å². The Morgan fingerprint density at radius 1 is 1.21 bits per heavy atom. The largest absolute Gasteiger partial charge is 0.479 e. The number of carbonyl (C=O) groups excluding carboxylic acids is 2. The van der Waals surface area contributed by atoms with Crippen LogP contribution in [0.4, 0.5) is 0 Å². The summed E-state index contributed by atoms with van der Waals surface area (Å²) in [5, 5.41) is 11.6. The van der Waals surface area contributed by atoms with E-state index in [9.17, 15) is 14.4 Å². The summed E-state index contributed by atoms with van der Waals surface area (Å²) in [6.07, 6.45) is 0.00604. The van der Waals surface area contributed by atoms with Gasteiger partial charge in [0.05, 0.1) is 0 Å². The number of nitrogens with one attached hydrogen (secondary N) is 1. The Morgan fingerprint density at radius 3 is 2.47 bits per heavy atom. The van der Waals surface area contributed by atoms with Crippen LogP contribution in [-0.4, -0.2) is 59.1 Å². The Balaban J connectivity index is 1.85. The predicted octanol–water partition coefficient (Wildman–Crippen LogP) is -0.644. The highest BCUT2D eigenvalue weighted by molar-refractivity contribution is 5.83. The molecular weight excluding hydrogens is 252 g/mol. The highest BCUT2D eigenvalue weighted by atomic mass is 16.5. The summed E-state index contributed by atoms with van der Waals surface area (Å²) in [6, 6.07) is -0.0156. The lowest BCUT2D eigenvalue weighted by molar-refractivity contribution is -0.154. The van der Waals surface area contributed by atoms with Crippen LogP contribution in [0.1, 0.15) is 26.2 Å². The van der Waals surface area contributed by atoms with Gasteiger partial charge in [-0.2, -0.15) is 0 Å². The minimum atomic E-state index is -1.02. The molecule has 0 bridgehead atoms. The molecule has 0 aromatic rings. The van der Waals surface area contributed by atoms with Crippen molar-refractivity contribution in [2.75, 3.05) is 13.1 Å². The third kappa shape index (κ3) is 3.23. The Hall–Kier alpha value is -1.63. The topological polar surface area (TPSA) is 95.9 Å². The van der Waals surface area contributed by atoms with Gasteiger partial charge < -0.3 is 20.1 Å². The fraction of sp³-hybridized carbons (Fsp3) is 0.750. The van der Waals surface area contributed by atoms with E-state index in [-0.39, 0.29) is 17.9 Å². The third-order valence-corrected chi connectivity index (χ3v) is 3.48. The molecule has 2 heterocycles. The molecule has 0 aromatic carbocycles. The van der Waals surface area contributed by atoms with Crippen LogP contribution in [0.15, 0.2) is 0 Å². The van der Waals surface area contributed by atoms with Crippen molar-refractivity contribution in [1.29, 1.82) is 0 Å². The van der Waals surface area contributed by atoms with E-state index in [0.29, 0.717) is 25.9 Å². The van der Waals surface area contributed by atoms with Crippen LogP contribution in [0.5, 0.6) is 0 Å². The van der Waals surface area contributed by atoms with Gasteiger partial charge in [0.25, 0.3) is 5.91 Å². The van der Waals surface area contributed by atoms with E-state index in [4.69, 9.17) is 9.84 Å². The first-order valence-electron chi connectivity index (χ1n) is 6.41. The van der Waals surface area contributed by atoms with Crippen molar-refractivity contribution in [3.63, 3.8) is 0 Å². The van der Waals surface area contributed by atoms with Crippen molar-refractivity contribution in [2.45, 2.75) is 44.4 Å². The lowest BCUT2D eigenvalue weighted by atomic mass is 10.2. The van der Waals surface area contributed by atoms with Crippen LogP contribution in [0, 0.1) is 0 Å². The number of amides is 2. The number of ether oxygens (including phenoxy) is 1. The Labute approximate surface area is 110 Å². The summed E-state index contributed by atoms with van der Waals surface area (Å²) < 4.78 is 5.24. The smallest absolute Gasteiger partial charge is 0.332 e. The van der Waals surface area contributed by atoms with E-state index >= 15 is 0 Å². The van der Waals surface area contributed by atoms with Gasteiger partial charge in [-0.25, -0.2) is 4.79 Å². The molecule has 0 aliphatic carbocycles. The van der Waals surface area contributed by atoms with Crippen molar-refractivity contribution < 1.29 is 24.2 Å². The molecule has 0 aromatic heterocycles. The molecule has 7 nitrogen and oxygen atoms in total. The number of likely N-dealkylation sites (tertiary alicyclic amines) is 1. The van der Waals surface area contributed by atoms with Gasteiger partial charge >= 0.3 is 5.97 Å². The maximum atomic E-state index is 12.1. The zero-order valence-corrected chi connectivity index (χ0v) is 10.8. The summed E-state index contributed by atoms with van der Waals surface area (Å²) in [7, 11) is 0. The number of nitrogens with zero attached hydrogens (tertiary/aromatic N) is 1. The number of carboxylic acids is 1. The first-order chi connectivity index (χ1) is 8.97. The lowest BCUT2D eigenvalue weighted by Crippen LogP contribution is -2.41. The van der Waals surface area contributed by atoms with Gasteiger partial charge in [-0.3, -0.25) is 9.59 Å². The van der Waals surface area contributed by atoms with Crippen LogP contribution in [0.3, 0.4) is 0 Å².